The number of pyridine rings is 1. The predicted octanol–water partition coefficient (Wildman–Crippen LogP) is 3.57. The lowest BCUT2D eigenvalue weighted by molar-refractivity contribution is 0.0946. The molecule has 128 valence electrons. The van der Waals surface area contributed by atoms with E-state index in [0.717, 1.165) is 28.0 Å². The van der Waals surface area contributed by atoms with E-state index in [0.29, 0.717) is 18.8 Å². The number of carbonyl (C=O) groups is 1. The number of amides is 1. The van der Waals surface area contributed by atoms with Gasteiger partial charge in [-0.05, 0) is 37.3 Å². The molecule has 2 aromatic carbocycles. The average molecular weight is 336 g/mol. The second-order valence-electron chi connectivity index (χ2n) is 5.48. The Kier molecular flexibility index (Phi) is 5.14. The summed E-state index contributed by atoms with van der Waals surface area (Å²) < 4.78 is 10.8. The summed E-state index contributed by atoms with van der Waals surface area (Å²) in [5.74, 6) is 1.33. The van der Waals surface area contributed by atoms with Crippen LogP contribution in [0, 0.1) is 0 Å². The van der Waals surface area contributed by atoms with Crippen molar-refractivity contribution in [2.45, 2.75) is 13.5 Å². The van der Waals surface area contributed by atoms with Crippen molar-refractivity contribution in [2.24, 2.45) is 0 Å². The molecule has 0 saturated carbocycles. The third kappa shape index (κ3) is 3.88. The summed E-state index contributed by atoms with van der Waals surface area (Å²) in [6, 6.07) is 16.8. The molecule has 0 aliphatic rings. The molecular weight excluding hydrogens is 316 g/mol. The van der Waals surface area contributed by atoms with Crippen LogP contribution in [-0.4, -0.2) is 24.6 Å². The number of hydrogen-bond acceptors (Lipinski definition) is 4. The Morgan fingerprint density at radius 3 is 2.76 bits per heavy atom. The maximum absolute atomic E-state index is 12.4. The number of hydrogen-bond donors (Lipinski definition) is 1. The molecule has 0 spiro atoms. The van der Waals surface area contributed by atoms with E-state index < -0.39 is 0 Å². The third-order valence-electron chi connectivity index (χ3n) is 3.84. The Morgan fingerprint density at radius 2 is 1.96 bits per heavy atom. The molecule has 25 heavy (non-hydrogen) atoms. The lowest BCUT2D eigenvalue weighted by Gasteiger charge is -2.11. The van der Waals surface area contributed by atoms with E-state index in [2.05, 4.69) is 10.3 Å². The minimum atomic E-state index is -0.219. The van der Waals surface area contributed by atoms with Crippen LogP contribution in [0.3, 0.4) is 0 Å². The van der Waals surface area contributed by atoms with E-state index in [4.69, 9.17) is 9.47 Å². The third-order valence-corrected chi connectivity index (χ3v) is 3.84. The van der Waals surface area contributed by atoms with Crippen LogP contribution in [0.2, 0.25) is 0 Å². The first-order valence-electron chi connectivity index (χ1n) is 8.15. The normalized spacial score (nSPS) is 10.5. The summed E-state index contributed by atoms with van der Waals surface area (Å²) in [6.07, 6.45) is 0. The van der Waals surface area contributed by atoms with Crippen molar-refractivity contribution < 1.29 is 14.3 Å². The number of methoxy groups -OCH3 is 1. The zero-order valence-electron chi connectivity index (χ0n) is 14.3. The van der Waals surface area contributed by atoms with Crippen LogP contribution in [0.1, 0.15) is 23.0 Å². The van der Waals surface area contributed by atoms with Crippen molar-refractivity contribution in [2.75, 3.05) is 13.7 Å². The van der Waals surface area contributed by atoms with Gasteiger partial charge in [0, 0.05) is 17.5 Å². The summed E-state index contributed by atoms with van der Waals surface area (Å²) in [6.45, 7) is 2.90. The molecule has 1 amide bonds. The molecule has 0 aliphatic carbocycles. The predicted molar refractivity (Wildman–Crippen MR) is 97.1 cm³/mol. The first-order chi connectivity index (χ1) is 12.2. The van der Waals surface area contributed by atoms with Crippen molar-refractivity contribution >= 4 is 16.8 Å². The number of carbonyl (C=O) groups excluding carboxylic acids is 1. The van der Waals surface area contributed by atoms with E-state index in [1.165, 1.54) is 0 Å². The van der Waals surface area contributed by atoms with E-state index in [1.54, 1.807) is 13.2 Å². The maximum Gasteiger partial charge on any atom is 0.270 e. The zero-order chi connectivity index (χ0) is 17.6. The Hall–Kier alpha value is -3.08. The van der Waals surface area contributed by atoms with Gasteiger partial charge < -0.3 is 14.8 Å². The Bertz CT molecular complexity index is 893. The molecule has 0 radical (unpaired) electrons. The molecule has 1 N–H and O–H groups in total. The summed E-state index contributed by atoms with van der Waals surface area (Å²) in [4.78, 5) is 16.8. The quantitative estimate of drug-likeness (QED) is 0.747. The van der Waals surface area contributed by atoms with Crippen molar-refractivity contribution in [1.29, 1.82) is 0 Å². The summed E-state index contributed by atoms with van der Waals surface area (Å²) >= 11 is 0. The molecule has 5 heteroatoms. The van der Waals surface area contributed by atoms with Crippen molar-refractivity contribution in [3.63, 3.8) is 0 Å². The number of nitrogens with zero attached hydrogens (tertiary/aromatic N) is 1. The van der Waals surface area contributed by atoms with Gasteiger partial charge in [-0.1, -0.05) is 24.3 Å². The van der Waals surface area contributed by atoms with Crippen molar-refractivity contribution in [1.82, 2.24) is 10.3 Å². The second-order valence-corrected chi connectivity index (χ2v) is 5.48. The van der Waals surface area contributed by atoms with Gasteiger partial charge in [-0.15, -0.1) is 0 Å². The number of nitrogens with one attached hydrogen (secondary N) is 1. The van der Waals surface area contributed by atoms with Crippen LogP contribution in [0.4, 0.5) is 0 Å². The molecule has 0 atom stereocenters. The van der Waals surface area contributed by atoms with E-state index >= 15 is 0 Å². The van der Waals surface area contributed by atoms with E-state index in [-0.39, 0.29) is 5.91 Å². The molecule has 0 fully saturated rings. The summed E-state index contributed by atoms with van der Waals surface area (Å²) in [5, 5.41) is 3.82. The fourth-order valence-corrected chi connectivity index (χ4v) is 2.57. The average Bonchev–Trinajstić information content (AvgIpc) is 2.66. The lowest BCUT2D eigenvalue weighted by Crippen LogP contribution is -2.24. The molecule has 1 heterocycles. The van der Waals surface area contributed by atoms with Crippen LogP contribution in [0.25, 0.3) is 10.9 Å². The highest BCUT2D eigenvalue weighted by molar-refractivity contribution is 5.95. The standard InChI is InChI=1S/C20H20N2O3/c1-3-25-19-7-5-4-6-15(19)13-21-20(23)18-10-8-14-12-16(24-2)9-11-17(14)22-18/h4-12H,3,13H2,1-2H3,(H,21,23). The summed E-state index contributed by atoms with van der Waals surface area (Å²) in [5.41, 5.74) is 2.07. The Balaban J connectivity index is 1.74. The first-order valence-corrected chi connectivity index (χ1v) is 8.15. The number of para-hydroxylation sites is 1. The molecule has 1 aromatic heterocycles. The smallest absolute Gasteiger partial charge is 0.270 e. The second kappa shape index (κ2) is 7.66. The van der Waals surface area contributed by atoms with Gasteiger partial charge in [0.1, 0.15) is 17.2 Å². The van der Waals surface area contributed by atoms with Crippen molar-refractivity contribution in [3.8, 4) is 11.5 Å². The van der Waals surface area contributed by atoms with Gasteiger partial charge in [0.05, 0.1) is 19.2 Å². The molecule has 0 unspecified atom stereocenters. The van der Waals surface area contributed by atoms with Gasteiger partial charge in [-0.3, -0.25) is 4.79 Å². The number of fused-ring (bicyclic) bond motifs is 1. The number of benzene rings is 2. The minimum absolute atomic E-state index is 0.219. The molecule has 0 aliphatic heterocycles. The Morgan fingerprint density at radius 1 is 1.12 bits per heavy atom. The zero-order valence-corrected chi connectivity index (χ0v) is 14.3. The van der Waals surface area contributed by atoms with E-state index in [1.807, 2.05) is 55.5 Å². The van der Waals surface area contributed by atoms with Crippen LogP contribution < -0.4 is 14.8 Å². The van der Waals surface area contributed by atoms with Crippen molar-refractivity contribution in [3.05, 3.63) is 65.9 Å². The molecule has 3 rings (SSSR count). The highest BCUT2D eigenvalue weighted by atomic mass is 16.5. The molecule has 3 aromatic rings. The fraction of sp³-hybridized carbons (Fsp3) is 0.200. The SMILES string of the molecule is CCOc1ccccc1CNC(=O)c1ccc2cc(OC)ccc2n1. The van der Waals surface area contributed by atoms with Crippen LogP contribution >= 0.6 is 0 Å². The number of ether oxygens (including phenoxy) is 2. The largest absolute Gasteiger partial charge is 0.497 e. The monoisotopic (exact) mass is 336 g/mol. The molecular formula is C20H20N2O3. The first kappa shape index (κ1) is 16.8. The van der Waals surface area contributed by atoms with Gasteiger partial charge in [0.2, 0.25) is 0 Å². The highest BCUT2D eigenvalue weighted by Crippen LogP contribution is 2.20. The topological polar surface area (TPSA) is 60.5 Å². The summed E-state index contributed by atoms with van der Waals surface area (Å²) in [7, 11) is 1.62. The van der Waals surface area contributed by atoms with Gasteiger partial charge in [0.15, 0.2) is 0 Å². The van der Waals surface area contributed by atoms with Gasteiger partial charge in [-0.25, -0.2) is 4.98 Å². The maximum atomic E-state index is 12.4. The lowest BCUT2D eigenvalue weighted by atomic mass is 10.1. The van der Waals surface area contributed by atoms with E-state index in [9.17, 15) is 4.79 Å². The fourth-order valence-electron chi connectivity index (χ4n) is 2.57. The Labute approximate surface area is 146 Å². The van der Waals surface area contributed by atoms with Crippen LogP contribution in [-0.2, 0) is 6.54 Å². The van der Waals surface area contributed by atoms with Crippen LogP contribution in [0.15, 0.2) is 54.6 Å². The molecule has 0 bridgehead atoms. The highest BCUT2D eigenvalue weighted by Gasteiger charge is 2.10. The molecule has 0 saturated heterocycles. The molecule has 5 nitrogen and oxygen atoms in total. The van der Waals surface area contributed by atoms with Gasteiger partial charge in [0.25, 0.3) is 5.91 Å². The number of aromatic nitrogens is 1. The number of rotatable bonds is 6. The van der Waals surface area contributed by atoms with Gasteiger partial charge in [-0.2, -0.15) is 0 Å². The van der Waals surface area contributed by atoms with Crippen LogP contribution in [0.5, 0.6) is 11.5 Å². The minimum Gasteiger partial charge on any atom is -0.497 e. The van der Waals surface area contributed by atoms with Gasteiger partial charge >= 0.3 is 0 Å².